The lowest BCUT2D eigenvalue weighted by molar-refractivity contribution is -0.136. The molecule has 4 rings (SSSR count). The maximum Gasteiger partial charge on any atom is 0.241 e. The molecule has 1 aliphatic heterocycles. The normalized spacial score (nSPS) is 16.5. The van der Waals surface area contributed by atoms with Crippen molar-refractivity contribution in [3.8, 4) is 17.1 Å². The number of nitrogens with zero attached hydrogens (tertiary/aromatic N) is 4. The van der Waals surface area contributed by atoms with Crippen LogP contribution < -0.4 is 4.74 Å². The highest BCUT2D eigenvalue weighted by Gasteiger charge is 2.29. The van der Waals surface area contributed by atoms with Gasteiger partial charge in [-0.05, 0) is 55.3 Å². The van der Waals surface area contributed by atoms with Crippen molar-refractivity contribution in [2.75, 3.05) is 27.2 Å². The minimum absolute atomic E-state index is 0.0601. The summed E-state index contributed by atoms with van der Waals surface area (Å²) in [6, 6.07) is 12.9. The SMILES string of the molecule is COc1ccc(CN(C)C(=O)C2CCCN(Cc3nc(-c4ccc(Cl)cc4Cl)no3)C2)cc1. The number of amides is 1. The molecule has 1 aromatic heterocycles. The van der Waals surface area contributed by atoms with Gasteiger partial charge in [0.25, 0.3) is 0 Å². The Labute approximate surface area is 203 Å². The van der Waals surface area contributed by atoms with E-state index < -0.39 is 0 Å². The molecule has 1 fully saturated rings. The number of hydrogen-bond donors (Lipinski definition) is 0. The minimum atomic E-state index is -0.0601. The molecular weight excluding hydrogens is 463 g/mol. The zero-order chi connectivity index (χ0) is 23.4. The maximum absolute atomic E-state index is 13.1. The van der Waals surface area contributed by atoms with Crippen molar-refractivity contribution in [3.63, 3.8) is 0 Å². The van der Waals surface area contributed by atoms with Crippen LogP contribution in [0.3, 0.4) is 0 Å². The second kappa shape index (κ2) is 10.5. The number of carbonyl (C=O) groups is 1. The van der Waals surface area contributed by atoms with E-state index in [2.05, 4.69) is 15.0 Å². The quantitative estimate of drug-likeness (QED) is 0.469. The summed E-state index contributed by atoms with van der Waals surface area (Å²) in [6.45, 7) is 2.59. The predicted molar refractivity (Wildman–Crippen MR) is 127 cm³/mol. The summed E-state index contributed by atoms with van der Waals surface area (Å²) in [5.74, 6) is 1.81. The maximum atomic E-state index is 13.1. The summed E-state index contributed by atoms with van der Waals surface area (Å²) in [5, 5.41) is 5.08. The topological polar surface area (TPSA) is 71.7 Å². The van der Waals surface area contributed by atoms with Gasteiger partial charge in [0.1, 0.15) is 5.75 Å². The van der Waals surface area contributed by atoms with E-state index in [0.29, 0.717) is 47.0 Å². The van der Waals surface area contributed by atoms with Gasteiger partial charge in [-0.15, -0.1) is 0 Å². The molecule has 1 amide bonds. The number of halogens is 2. The highest BCUT2D eigenvalue weighted by molar-refractivity contribution is 6.36. The van der Waals surface area contributed by atoms with Crippen LogP contribution in [-0.2, 0) is 17.9 Å². The molecular formula is C24H26Cl2N4O3. The van der Waals surface area contributed by atoms with Crippen LogP contribution in [0.15, 0.2) is 47.0 Å². The second-order valence-corrected chi connectivity index (χ2v) is 9.10. The van der Waals surface area contributed by atoms with Crippen molar-refractivity contribution in [1.82, 2.24) is 19.9 Å². The molecule has 33 heavy (non-hydrogen) atoms. The monoisotopic (exact) mass is 488 g/mol. The third-order valence-corrected chi connectivity index (χ3v) is 6.36. The number of benzene rings is 2. The van der Waals surface area contributed by atoms with E-state index in [9.17, 15) is 4.79 Å². The third kappa shape index (κ3) is 5.85. The fraction of sp³-hybridized carbons (Fsp3) is 0.375. The highest BCUT2D eigenvalue weighted by Crippen LogP contribution is 2.29. The van der Waals surface area contributed by atoms with E-state index >= 15 is 0 Å². The van der Waals surface area contributed by atoms with Crippen LogP contribution in [0.4, 0.5) is 0 Å². The average Bonchev–Trinajstić information content (AvgIpc) is 3.27. The summed E-state index contributed by atoms with van der Waals surface area (Å²) in [4.78, 5) is 21.5. The Morgan fingerprint density at radius 2 is 2.03 bits per heavy atom. The van der Waals surface area contributed by atoms with Crippen LogP contribution in [-0.4, -0.2) is 53.1 Å². The molecule has 0 aliphatic carbocycles. The summed E-state index contributed by atoms with van der Waals surface area (Å²) in [6.07, 6.45) is 1.81. The summed E-state index contributed by atoms with van der Waals surface area (Å²) < 4.78 is 10.6. The molecule has 9 heteroatoms. The van der Waals surface area contributed by atoms with Gasteiger partial charge in [-0.3, -0.25) is 9.69 Å². The van der Waals surface area contributed by atoms with Gasteiger partial charge >= 0.3 is 0 Å². The summed E-state index contributed by atoms with van der Waals surface area (Å²) in [5.41, 5.74) is 1.74. The molecule has 0 N–H and O–H groups in total. The van der Waals surface area contributed by atoms with Crippen LogP contribution in [0.2, 0.25) is 10.0 Å². The number of aromatic nitrogens is 2. The lowest BCUT2D eigenvalue weighted by atomic mass is 9.96. The van der Waals surface area contributed by atoms with Gasteiger partial charge in [0, 0.05) is 30.7 Å². The van der Waals surface area contributed by atoms with Crippen molar-refractivity contribution in [1.29, 1.82) is 0 Å². The Morgan fingerprint density at radius 3 is 2.76 bits per heavy atom. The molecule has 1 saturated heterocycles. The zero-order valence-corrected chi connectivity index (χ0v) is 20.1. The largest absolute Gasteiger partial charge is 0.497 e. The molecule has 2 aromatic carbocycles. The number of hydrogen-bond acceptors (Lipinski definition) is 6. The van der Waals surface area contributed by atoms with E-state index in [0.717, 1.165) is 30.7 Å². The van der Waals surface area contributed by atoms with Crippen LogP contribution >= 0.6 is 23.2 Å². The molecule has 0 bridgehead atoms. The molecule has 2 heterocycles. The Hall–Kier alpha value is -2.61. The Bertz CT molecular complexity index is 1100. The highest BCUT2D eigenvalue weighted by atomic mass is 35.5. The fourth-order valence-corrected chi connectivity index (χ4v) is 4.58. The van der Waals surface area contributed by atoms with Crippen molar-refractivity contribution in [3.05, 3.63) is 64.0 Å². The van der Waals surface area contributed by atoms with Gasteiger partial charge in [0.05, 0.1) is 24.6 Å². The van der Waals surface area contributed by atoms with E-state index in [1.165, 1.54) is 0 Å². The Kier molecular flexibility index (Phi) is 7.53. The van der Waals surface area contributed by atoms with Gasteiger partial charge in [-0.1, -0.05) is 40.5 Å². The molecule has 0 radical (unpaired) electrons. The lowest BCUT2D eigenvalue weighted by Gasteiger charge is -2.33. The number of likely N-dealkylation sites (tertiary alicyclic amines) is 1. The number of ether oxygens (including phenoxy) is 1. The van der Waals surface area contributed by atoms with Crippen molar-refractivity contribution < 1.29 is 14.1 Å². The van der Waals surface area contributed by atoms with Gasteiger partial charge in [0.2, 0.25) is 17.6 Å². The van der Waals surface area contributed by atoms with E-state index in [4.69, 9.17) is 32.5 Å². The molecule has 1 aliphatic rings. The standard InChI is InChI=1S/C24H26Cl2N4O3/c1-29(13-16-5-8-19(32-2)9-6-16)24(31)17-4-3-11-30(14-17)15-22-27-23(28-33-22)20-10-7-18(25)12-21(20)26/h5-10,12,17H,3-4,11,13-15H2,1-2H3. The molecule has 174 valence electrons. The fourth-order valence-electron chi connectivity index (χ4n) is 4.09. The zero-order valence-electron chi connectivity index (χ0n) is 18.6. The van der Waals surface area contributed by atoms with E-state index in [1.54, 1.807) is 30.2 Å². The van der Waals surface area contributed by atoms with E-state index in [-0.39, 0.29) is 11.8 Å². The Balaban J connectivity index is 1.35. The van der Waals surface area contributed by atoms with Crippen LogP contribution in [0.25, 0.3) is 11.4 Å². The van der Waals surface area contributed by atoms with Crippen molar-refractivity contribution in [2.24, 2.45) is 5.92 Å². The molecule has 1 atom stereocenters. The first-order chi connectivity index (χ1) is 15.9. The van der Waals surface area contributed by atoms with Gasteiger partial charge in [-0.2, -0.15) is 4.98 Å². The molecule has 1 unspecified atom stereocenters. The Morgan fingerprint density at radius 1 is 1.24 bits per heavy atom. The van der Waals surface area contributed by atoms with Crippen LogP contribution in [0.5, 0.6) is 5.75 Å². The number of rotatable bonds is 7. The first-order valence-electron chi connectivity index (χ1n) is 10.8. The number of carbonyl (C=O) groups excluding carboxylic acids is 1. The van der Waals surface area contributed by atoms with Gasteiger partial charge < -0.3 is 14.2 Å². The molecule has 7 nitrogen and oxygen atoms in total. The number of methoxy groups -OCH3 is 1. The smallest absolute Gasteiger partial charge is 0.241 e. The lowest BCUT2D eigenvalue weighted by Crippen LogP contribution is -2.43. The summed E-state index contributed by atoms with van der Waals surface area (Å²) >= 11 is 12.2. The van der Waals surface area contributed by atoms with Crippen LogP contribution in [0, 0.1) is 5.92 Å². The minimum Gasteiger partial charge on any atom is -0.497 e. The van der Waals surface area contributed by atoms with Gasteiger partial charge in [0.15, 0.2) is 0 Å². The van der Waals surface area contributed by atoms with Crippen molar-refractivity contribution in [2.45, 2.75) is 25.9 Å². The predicted octanol–water partition coefficient (Wildman–Crippen LogP) is 4.92. The summed E-state index contributed by atoms with van der Waals surface area (Å²) in [7, 11) is 3.49. The van der Waals surface area contributed by atoms with E-state index in [1.807, 2.05) is 31.3 Å². The molecule has 3 aromatic rings. The van der Waals surface area contributed by atoms with Gasteiger partial charge in [-0.25, -0.2) is 0 Å². The first kappa shape index (κ1) is 23.5. The molecule has 0 spiro atoms. The second-order valence-electron chi connectivity index (χ2n) is 8.25. The third-order valence-electron chi connectivity index (χ3n) is 5.81. The first-order valence-corrected chi connectivity index (χ1v) is 11.6. The van der Waals surface area contributed by atoms with Crippen molar-refractivity contribution >= 4 is 29.1 Å². The molecule has 0 saturated carbocycles. The van der Waals surface area contributed by atoms with Crippen LogP contribution in [0.1, 0.15) is 24.3 Å². The average molecular weight is 489 g/mol. The number of piperidine rings is 1.